The van der Waals surface area contributed by atoms with Gasteiger partial charge in [0.15, 0.2) is 17.2 Å². The summed E-state index contributed by atoms with van der Waals surface area (Å²) in [5, 5.41) is 9.54. The quantitative estimate of drug-likeness (QED) is 0.703. The molecule has 2 aromatic rings. The van der Waals surface area contributed by atoms with Crippen molar-refractivity contribution < 1.29 is 9.53 Å². The summed E-state index contributed by atoms with van der Waals surface area (Å²) in [6.07, 6.45) is 3.74. The molecule has 0 saturated carbocycles. The number of amides is 1. The van der Waals surface area contributed by atoms with Crippen LogP contribution in [0.1, 0.15) is 33.1 Å². The van der Waals surface area contributed by atoms with Crippen LogP contribution >= 0.6 is 11.6 Å². The molecule has 1 aromatic carbocycles. The smallest absolute Gasteiger partial charge is 0.266 e. The van der Waals surface area contributed by atoms with Gasteiger partial charge >= 0.3 is 0 Å². The first-order valence-electron chi connectivity index (χ1n) is 11.0. The summed E-state index contributed by atoms with van der Waals surface area (Å²) in [5.41, 5.74) is -0.952. The zero-order chi connectivity index (χ0) is 21.8. The van der Waals surface area contributed by atoms with E-state index >= 15 is 0 Å². The molecule has 8 heteroatoms. The fourth-order valence-electron chi connectivity index (χ4n) is 4.14. The third kappa shape index (κ3) is 5.21. The maximum absolute atomic E-state index is 13.1. The number of rotatable bonds is 5. The summed E-state index contributed by atoms with van der Waals surface area (Å²) >= 11 is 5.93. The van der Waals surface area contributed by atoms with Gasteiger partial charge in [0.2, 0.25) is 0 Å². The van der Waals surface area contributed by atoms with Gasteiger partial charge in [-0.3, -0.25) is 4.79 Å². The van der Waals surface area contributed by atoms with Gasteiger partial charge in [0, 0.05) is 44.3 Å². The Labute approximate surface area is 188 Å². The first kappa shape index (κ1) is 21.7. The molecule has 0 radical (unpaired) electrons. The molecule has 1 aromatic heterocycles. The van der Waals surface area contributed by atoms with Gasteiger partial charge in [-0.05, 0) is 69.5 Å². The van der Waals surface area contributed by atoms with Crippen LogP contribution in [-0.4, -0.2) is 65.9 Å². The van der Waals surface area contributed by atoms with Crippen molar-refractivity contribution in [3.8, 4) is 5.75 Å². The maximum Gasteiger partial charge on any atom is 0.266 e. The molecule has 0 bridgehead atoms. The second kappa shape index (κ2) is 9.30. The molecule has 1 amide bonds. The number of carbonyl (C=O) groups excluding carboxylic acids is 1. The zero-order valence-corrected chi connectivity index (χ0v) is 19.0. The number of carbonyl (C=O) groups is 1. The third-order valence-corrected chi connectivity index (χ3v) is 6.16. The van der Waals surface area contributed by atoms with E-state index < -0.39 is 5.60 Å². The molecule has 7 nitrogen and oxygen atoms in total. The molecule has 0 spiro atoms. The Morgan fingerprint density at radius 2 is 1.39 bits per heavy atom. The molecule has 2 fully saturated rings. The van der Waals surface area contributed by atoms with Crippen molar-refractivity contribution in [3.63, 3.8) is 0 Å². The molecule has 31 heavy (non-hydrogen) atoms. The maximum atomic E-state index is 13.1. The van der Waals surface area contributed by atoms with E-state index in [0.29, 0.717) is 23.9 Å². The Bertz CT molecular complexity index is 874. The Balaban J connectivity index is 1.32. The molecule has 2 aliphatic rings. The molecule has 0 N–H and O–H groups in total. The van der Waals surface area contributed by atoms with Crippen molar-refractivity contribution in [2.45, 2.75) is 38.7 Å². The lowest BCUT2D eigenvalue weighted by molar-refractivity contribution is -0.145. The summed E-state index contributed by atoms with van der Waals surface area (Å²) < 4.78 is 5.96. The predicted octanol–water partition coefficient (Wildman–Crippen LogP) is 3.63. The fraction of sp³-hybridized carbons (Fsp3) is 0.522. The summed E-state index contributed by atoms with van der Waals surface area (Å²) in [6.45, 7) is 8.43. The van der Waals surface area contributed by atoms with Crippen LogP contribution in [0.5, 0.6) is 5.75 Å². The lowest BCUT2D eigenvalue weighted by Crippen LogP contribution is -2.56. The SMILES string of the molecule is CC(C)(Oc1ccc(Cl)cc1)C(=O)N1CCN(c2ccc(N3CCCCC3)nn2)CC1. The van der Waals surface area contributed by atoms with Crippen molar-refractivity contribution in [2.75, 3.05) is 49.1 Å². The minimum Gasteiger partial charge on any atom is -0.478 e. The van der Waals surface area contributed by atoms with E-state index in [0.717, 1.165) is 37.8 Å². The molecule has 0 atom stereocenters. The number of benzene rings is 1. The first-order chi connectivity index (χ1) is 14.9. The molecule has 0 unspecified atom stereocenters. The van der Waals surface area contributed by atoms with E-state index in [1.807, 2.05) is 11.0 Å². The molecular formula is C23H30ClN5O2. The van der Waals surface area contributed by atoms with Crippen LogP contribution < -0.4 is 14.5 Å². The zero-order valence-electron chi connectivity index (χ0n) is 18.3. The lowest BCUT2D eigenvalue weighted by Gasteiger charge is -2.39. The summed E-state index contributed by atoms with van der Waals surface area (Å²) in [7, 11) is 0. The average molecular weight is 444 g/mol. The molecular weight excluding hydrogens is 414 g/mol. The molecule has 4 rings (SSSR count). The minimum absolute atomic E-state index is 0.0198. The van der Waals surface area contributed by atoms with Crippen LogP contribution in [0.3, 0.4) is 0 Å². The number of hydrogen-bond acceptors (Lipinski definition) is 6. The van der Waals surface area contributed by atoms with Gasteiger partial charge in [-0.1, -0.05) is 11.6 Å². The summed E-state index contributed by atoms with van der Waals surface area (Å²) in [4.78, 5) is 19.4. The van der Waals surface area contributed by atoms with E-state index in [1.165, 1.54) is 19.3 Å². The number of hydrogen-bond donors (Lipinski definition) is 0. The number of nitrogens with zero attached hydrogens (tertiary/aromatic N) is 5. The second-order valence-electron chi connectivity index (χ2n) is 8.64. The van der Waals surface area contributed by atoms with Crippen molar-refractivity contribution in [1.29, 1.82) is 0 Å². The first-order valence-corrected chi connectivity index (χ1v) is 11.4. The Morgan fingerprint density at radius 3 is 1.94 bits per heavy atom. The highest BCUT2D eigenvalue weighted by molar-refractivity contribution is 6.30. The van der Waals surface area contributed by atoms with Gasteiger partial charge < -0.3 is 19.4 Å². The van der Waals surface area contributed by atoms with Crippen LogP contribution in [0, 0.1) is 0 Å². The Hall–Kier alpha value is -2.54. The highest BCUT2D eigenvalue weighted by Crippen LogP contribution is 2.24. The number of piperidine rings is 1. The van der Waals surface area contributed by atoms with E-state index in [2.05, 4.69) is 26.1 Å². The van der Waals surface area contributed by atoms with Crippen LogP contribution in [0.2, 0.25) is 5.02 Å². The number of anilines is 2. The standard InChI is InChI=1S/C23H30ClN5O2/c1-23(2,31-19-8-6-18(24)7-9-19)22(30)29-16-14-28(15-17-29)21-11-10-20(25-26-21)27-12-4-3-5-13-27/h6-11H,3-5,12-17H2,1-2H3. The average Bonchev–Trinajstić information content (AvgIpc) is 2.81. The van der Waals surface area contributed by atoms with E-state index in [-0.39, 0.29) is 5.91 Å². The number of piperazine rings is 1. The molecule has 0 aliphatic carbocycles. The van der Waals surface area contributed by atoms with Gasteiger partial charge in [0.1, 0.15) is 5.75 Å². The number of aromatic nitrogens is 2. The van der Waals surface area contributed by atoms with Crippen molar-refractivity contribution in [2.24, 2.45) is 0 Å². The summed E-state index contributed by atoms with van der Waals surface area (Å²) in [5.74, 6) is 2.43. The van der Waals surface area contributed by atoms with E-state index in [4.69, 9.17) is 16.3 Å². The van der Waals surface area contributed by atoms with Gasteiger partial charge in [0.25, 0.3) is 5.91 Å². The van der Waals surface area contributed by atoms with Crippen molar-refractivity contribution in [1.82, 2.24) is 15.1 Å². The second-order valence-corrected chi connectivity index (χ2v) is 9.08. The van der Waals surface area contributed by atoms with E-state index in [1.54, 1.807) is 38.1 Å². The highest BCUT2D eigenvalue weighted by atomic mass is 35.5. The topological polar surface area (TPSA) is 61.8 Å². The molecule has 3 heterocycles. The third-order valence-electron chi connectivity index (χ3n) is 5.91. The van der Waals surface area contributed by atoms with Gasteiger partial charge in [-0.15, -0.1) is 10.2 Å². The normalized spacial score (nSPS) is 17.6. The number of ether oxygens (including phenoxy) is 1. The molecule has 166 valence electrons. The minimum atomic E-state index is -0.952. The Morgan fingerprint density at radius 1 is 0.839 bits per heavy atom. The molecule has 2 aliphatic heterocycles. The van der Waals surface area contributed by atoms with Gasteiger partial charge in [-0.2, -0.15) is 0 Å². The lowest BCUT2D eigenvalue weighted by atomic mass is 10.1. The fourth-order valence-corrected chi connectivity index (χ4v) is 4.26. The predicted molar refractivity (Wildman–Crippen MR) is 123 cm³/mol. The van der Waals surface area contributed by atoms with Crippen LogP contribution in [0.4, 0.5) is 11.6 Å². The van der Waals surface area contributed by atoms with Crippen LogP contribution in [-0.2, 0) is 4.79 Å². The monoisotopic (exact) mass is 443 g/mol. The van der Waals surface area contributed by atoms with Crippen LogP contribution in [0.25, 0.3) is 0 Å². The van der Waals surface area contributed by atoms with E-state index in [9.17, 15) is 4.79 Å². The number of halogens is 1. The van der Waals surface area contributed by atoms with Crippen LogP contribution in [0.15, 0.2) is 36.4 Å². The Kier molecular flexibility index (Phi) is 6.51. The molecule has 2 saturated heterocycles. The van der Waals surface area contributed by atoms with Crippen molar-refractivity contribution in [3.05, 3.63) is 41.4 Å². The largest absolute Gasteiger partial charge is 0.478 e. The van der Waals surface area contributed by atoms with Gasteiger partial charge in [-0.25, -0.2) is 0 Å². The highest BCUT2D eigenvalue weighted by Gasteiger charge is 2.36. The van der Waals surface area contributed by atoms with Crippen molar-refractivity contribution >= 4 is 29.1 Å². The summed E-state index contributed by atoms with van der Waals surface area (Å²) in [6, 6.07) is 11.2. The van der Waals surface area contributed by atoms with Gasteiger partial charge in [0.05, 0.1) is 0 Å².